The maximum absolute atomic E-state index is 13.1. The second-order valence-electron chi connectivity index (χ2n) is 28.1. The number of hydrogen-bond acceptors (Lipinski definition) is 15. The van der Waals surface area contributed by atoms with E-state index in [0.717, 1.165) is 102 Å². The van der Waals surface area contributed by atoms with Gasteiger partial charge in [-0.05, 0) is 37.5 Å². The molecule has 0 aromatic heterocycles. The third-order valence-corrected chi connectivity index (χ3v) is 20.0. The molecule has 0 aromatic rings. The Morgan fingerprint density at radius 2 is 0.537 bits per heavy atom. The summed E-state index contributed by atoms with van der Waals surface area (Å²) in [7, 11) is -9.91. The van der Waals surface area contributed by atoms with Crippen LogP contribution in [0, 0.1) is 11.8 Å². The molecule has 0 fully saturated rings. The van der Waals surface area contributed by atoms with Crippen LogP contribution in [0.1, 0.15) is 395 Å². The van der Waals surface area contributed by atoms with Crippen LogP contribution < -0.4 is 0 Å². The van der Waals surface area contributed by atoms with Crippen LogP contribution in [-0.2, 0) is 65.4 Å². The Kier molecular flexibility index (Phi) is 66.5. The third kappa shape index (κ3) is 69.0. The van der Waals surface area contributed by atoms with E-state index in [1.165, 1.54) is 212 Å². The fraction of sp³-hybridized carbons (Fsp3) is 0.947. The molecule has 17 nitrogen and oxygen atoms in total. The number of rotatable bonds is 75. The summed E-state index contributed by atoms with van der Waals surface area (Å²) in [5.41, 5.74) is 0. The molecule has 3 unspecified atom stereocenters. The predicted octanol–water partition coefficient (Wildman–Crippen LogP) is 22.3. The standard InChI is InChI=1S/C76H148O17P2/c1-7-10-12-14-16-18-19-20-21-22-25-28-35-41-47-53-59-74(79)87-65-72(92-75(80)60-54-48-42-36-29-26-23-24-27-33-38-44-50-56-68(4)5)67-91-95(84,85)89-63-70(77)62-88-94(82,83)90-66-71(64-86-73(78)58-52-46-40-32-17-15-13-11-8-2)93-76(81)61-55-49-43-37-31-30-34-39-45-51-57-69(6)9-3/h68-72,77H,7-67H2,1-6H3,(H,82,83)(H,84,85)/t69?,70-,71+,72+/m0/s1. The number of ether oxygens (including phenoxy) is 4. The van der Waals surface area contributed by atoms with E-state index in [1.807, 2.05) is 0 Å². The Hall–Kier alpha value is -1.94. The summed E-state index contributed by atoms with van der Waals surface area (Å²) >= 11 is 0. The van der Waals surface area contributed by atoms with Crippen molar-refractivity contribution in [2.45, 2.75) is 413 Å². The second kappa shape index (κ2) is 67.9. The van der Waals surface area contributed by atoms with E-state index in [2.05, 4.69) is 41.5 Å². The van der Waals surface area contributed by atoms with Crippen LogP contribution in [-0.4, -0.2) is 96.7 Å². The summed E-state index contributed by atoms with van der Waals surface area (Å²) in [6.45, 7) is 9.63. The number of unbranched alkanes of at least 4 members (excludes halogenated alkanes) is 44. The number of esters is 4. The highest BCUT2D eigenvalue weighted by Gasteiger charge is 2.30. The van der Waals surface area contributed by atoms with Crippen LogP contribution in [0.3, 0.4) is 0 Å². The Morgan fingerprint density at radius 1 is 0.305 bits per heavy atom. The van der Waals surface area contributed by atoms with Crippen molar-refractivity contribution in [3.05, 3.63) is 0 Å². The van der Waals surface area contributed by atoms with Gasteiger partial charge in [0.1, 0.15) is 19.3 Å². The Balaban J connectivity index is 5.24. The summed E-state index contributed by atoms with van der Waals surface area (Å²) in [5, 5.41) is 10.6. The lowest BCUT2D eigenvalue weighted by molar-refractivity contribution is -0.161. The van der Waals surface area contributed by atoms with E-state index in [0.29, 0.717) is 25.7 Å². The average Bonchev–Trinajstić information content (AvgIpc) is 1.58. The summed E-state index contributed by atoms with van der Waals surface area (Å²) < 4.78 is 68.5. The minimum atomic E-state index is -4.96. The normalized spacial score (nSPS) is 14.3. The number of carbonyl (C=O) groups is 4. The smallest absolute Gasteiger partial charge is 0.462 e. The zero-order valence-electron chi connectivity index (χ0n) is 62.0. The molecule has 0 aromatic carbocycles. The van der Waals surface area contributed by atoms with Crippen molar-refractivity contribution in [3.63, 3.8) is 0 Å². The summed E-state index contributed by atoms with van der Waals surface area (Å²) in [5.74, 6) is -0.526. The van der Waals surface area contributed by atoms with Crippen molar-refractivity contribution < 1.29 is 80.2 Å². The molecule has 0 rings (SSSR count). The molecular weight excluding hydrogens is 1250 g/mol. The van der Waals surface area contributed by atoms with E-state index >= 15 is 0 Å². The summed E-state index contributed by atoms with van der Waals surface area (Å²) in [4.78, 5) is 72.8. The first-order valence-corrected chi connectivity index (χ1v) is 42.5. The first kappa shape index (κ1) is 93.1. The molecule has 0 heterocycles. The monoisotopic (exact) mass is 1400 g/mol. The molecule has 6 atom stereocenters. The molecule has 0 aliphatic heterocycles. The Labute approximate surface area is 581 Å². The highest BCUT2D eigenvalue weighted by molar-refractivity contribution is 7.47. The highest BCUT2D eigenvalue weighted by Crippen LogP contribution is 2.45. The predicted molar refractivity (Wildman–Crippen MR) is 386 cm³/mol. The van der Waals surface area contributed by atoms with Crippen LogP contribution in [0.4, 0.5) is 0 Å². The molecule has 564 valence electrons. The molecule has 3 N–H and O–H groups in total. The number of aliphatic hydroxyl groups excluding tert-OH is 1. The molecule has 0 aliphatic carbocycles. The van der Waals surface area contributed by atoms with Crippen LogP contribution in [0.5, 0.6) is 0 Å². The molecule has 0 radical (unpaired) electrons. The van der Waals surface area contributed by atoms with E-state index in [-0.39, 0.29) is 25.7 Å². The summed E-state index contributed by atoms with van der Waals surface area (Å²) in [6, 6.07) is 0. The number of hydrogen-bond donors (Lipinski definition) is 3. The van der Waals surface area contributed by atoms with Gasteiger partial charge in [-0.1, -0.05) is 343 Å². The molecule has 0 amide bonds. The van der Waals surface area contributed by atoms with Gasteiger partial charge in [-0.25, -0.2) is 9.13 Å². The number of carbonyl (C=O) groups excluding carboxylic acids is 4. The lowest BCUT2D eigenvalue weighted by Crippen LogP contribution is -2.30. The second-order valence-corrected chi connectivity index (χ2v) is 31.0. The van der Waals surface area contributed by atoms with Crippen molar-refractivity contribution in [3.8, 4) is 0 Å². The molecular formula is C76H148O17P2. The van der Waals surface area contributed by atoms with Crippen LogP contribution in [0.15, 0.2) is 0 Å². The fourth-order valence-electron chi connectivity index (χ4n) is 11.6. The Bertz CT molecular complexity index is 1840. The summed E-state index contributed by atoms with van der Waals surface area (Å²) in [6.07, 6.45) is 55.3. The third-order valence-electron chi connectivity index (χ3n) is 18.1. The van der Waals surface area contributed by atoms with Crippen molar-refractivity contribution in [2.75, 3.05) is 39.6 Å². The SMILES string of the molecule is CCCCCCCCCCCCCCCCCCC(=O)OC[C@H](COP(=O)(O)OC[C@@H](O)COP(=O)(O)OC[C@@H](COC(=O)CCCCCCCCCCC)OC(=O)CCCCCCCCCCCCC(C)CC)OC(=O)CCCCCCCCCCCCCCCC(C)C. The minimum Gasteiger partial charge on any atom is -0.462 e. The van der Waals surface area contributed by atoms with Gasteiger partial charge in [0.05, 0.1) is 26.4 Å². The zero-order chi connectivity index (χ0) is 70.0. The van der Waals surface area contributed by atoms with Gasteiger partial charge in [-0.3, -0.25) is 37.3 Å². The minimum absolute atomic E-state index is 0.106. The van der Waals surface area contributed by atoms with Gasteiger partial charge in [-0.15, -0.1) is 0 Å². The van der Waals surface area contributed by atoms with E-state index in [9.17, 15) is 43.2 Å². The van der Waals surface area contributed by atoms with Gasteiger partial charge in [0, 0.05) is 25.7 Å². The van der Waals surface area contributed by atoms with Crippen molar-refractivity contribution in [1.29, 1.82) is 0 Å². The van der Waals surface area contributed by atoms with Crippen LogP contribution in [0.2, 0.25) is 0 Å². The van der Waals surface area contributed by atoms with Gasteiger partial charge in [0.15, 0.2) is 12.2 Å². The maximum Gasteiger partial charge on any atom is 0.472 e. The highest BCUT2D eigenvalue weighted by atomic mass is 31.2. The van der Waals surface area contributed by atoms with Gasteiger partial charge >= 0.3 is 39.5 Å². The Morgan fingerprint density at radius 3 is 0.800 bits per heavy atom. The van der Waals surface area contributed by atoms with Gasteiger partial charge in [0.2, 0.25) is 0 Å². The molecule has 0 saturated heterocycles. The molecule has 0 saturated carbocycles. The molecule has 0 spiro atoms. The van der Waals surface area contributed by atoms with Crippen molar-refractivity contribution >= 4 is 39.5 Å². The van der Waals surface area contributed by atoms with E-state index in [4.69, 9.17) is 37.0 Å². The lowest BCUT2D eigenvalue weighted by Gasteiger charge is -2.21. The van der Waals surface area contributed by atoms with Crippen LogP contribution in [0.25, 0.3) is 0 Å². The van der Waals surface area contributed by atoms with Crippen molar-refractivity contribution in [2.24, 2.45) is 11.8 Å². The van der Waals surface area contributed by atoms with Crippen LogP contribution >= 0.6 is 15.6 Å². The molecule has 0 bridgehead atoms. The van der Waals surface area contributed by atoms with E-state index in [1.54, 1.807) is 0 Å². The van der Waals surface area contributed by atoms with Crippen molar-refractivity contribution in [1.82, 2.24) is 0 Å². The van der Waals surface area contributed by atoms with Gasteiger partial charge < -0.3 is 33.8 Å². The largest absolute Gasteiger partial charge is 0.472 e. The number of phosphoric ester groups is 2. The first-order chi connectivity index (χ1) is 45.9. The van der Waals surface area contributed by atoms with E-state index < -0.39 is 97.5 Å². The molecule has 0 aliphatic rings. The molecule has 19 heteroatoms. The van der Waals surface area contributed by atoms with Gasteiger partial charge in [-0.2, -0.15) is 0 Å². The number of phosphoric acid groups is 2. The average molecular weight is 1400 g/mol. The number of aliphatic hydroxyl groups is 1. The first-order valence-electron chi connectivity index (χ1n) is 39.5. The lowest BCUT2D eigenvalue weighted by atomic mass is 9.99. The quantitative estimate of drug-likeness (QED) is 0.0222. The maximum atomic E-state index is 13.1. The molecule has 95 heavy (non-hydrogen) atoms. The zero-order valence-corrected chi connectivity index (χ0v) is 63.8. The van der Waals surface area contributed by atoms with Gasteiger partial charge in [0.25, 0.3) is 0 Å². The fourth-order valence-corrected chi connectivity index (χ4v) is 13.2. The topological polar surface area (TPSA) is 237 Å².